The second-order valence-corrected chi connectivity index (χ2v) is 8.90. The Bertz CT molecular complexity index is 650. The summed E-state index contributed by atoms with van der Waals surface area (Å²) >= 11 is -1.12. The number of hydrogen-bond acceptors (Lipinski definition) is 3. The van der Waals surface area contributed by atoms with Gasteiger partial charge in [0.1, 0.15) is 16.2 Å². The van der Waals surface area contributed by atoms with E-state index >= 15 is 0 Å². The minimum absolute atomic E-state index is 0.0174. The standard InChI is InChI=1S/C21H27NO2S/c1-5-6-12-20(22-25(23)21(2,3)4)17-13-15-19(16-14-17)24-18-10-8-7-9-11-18/h5,7-11,13-16,20,22H,1,6,12H2,2-4H3/t20-,25?/m0/s1. The lowest BCUT2D eigenvalue weighted by molar-refractivity contribution is 0.481. The first-order valence-electron chi connectivity index (χ1n) is 8.52. The van der Waals surface area contributed by atoms with Gasteiger partial charge in [0.25, 0.3) is 0 Å². The highest BCUT2D eigenvalue weighted by Gasteiger charge is 2.29. The van der Waals surface area contributed by atoms with E-state index in [2.05, 4.69) is 11.3 Å². The SMILES string of the molecule is C=CCC[C@H](N[S+]([O-])C(C)(C)C)c1ccc(Oc2ccccc2)cc1. The van der Waals surface area contributed by atoms with Gasteiger partial charge in [0.05, 0.1) is 6.04 Å². The average Bonchev–Trinajstić information content (AvgIpc) is 2.59. The molecule has 1 unspecified atom stereocenters. The van der Waals surface area contributed by atoms with Crippen LogP contribution in [0.4, 0.5) is 0 Å². The Morgan fingerprint density at radius 2 is 1.68 bits per heavy atom. The van der Waals surface area contributed by atoms with Gasteiger partial charge >= 0.3 is 0 Å². The minimum atomic E-state index is -1.12. The maximum atomic E-state index is 12.5. The van der Waals surface area contributed by atoms with Crippen molar-refractivity contribution in [1.29, 1.82) is 0 Å². The van der Waals surface area contributed by atoms with Gasteiger partial charge in [0, 0.05) is 11.4 Å². The van der Waals surface area contributed by atoms with Crippen molar-refractivity contribution in [3.8, 4) is 11.5 Å². The highest BCUT2D eigenvalue weighted by molar-refractivity contribution is 7.90. The second-order valence-electron chi connectivity index (χ2n) is 6.90. The predicted molar refractivity (Wildman–Crippen MR) is 106 cm³/mol. The van der Waals surface area contributed by atoms with Crippen LogP contribution in [0.15, 0.2) is 67.3 Å². The smallest absolute Gasteiger partial charge is 0.136 e. The third-order valence-corrected chi connectivity index (χ3v) is 5.34. The molecule has 0 fully saturated rings. The molecule has 2 aromatic carbocycles. The lowest BCUT2D eigenvalue weighted by Gasteiger charge is -2.28. The Kier molecular flexibility index (Phi) is 7.12. The van der Waals surface area contributed by atoms with Crippen LogP contribution in [0.2, 0.25) is 0 Å². The van der Waals surface area contributed by atoms with Crippen LogP contribution in [0.3, 0.4) is 0 Å². The minimum Gasteiger partial charge on any atom is -0.598 e. The molecule has 0 saturated carbocycles. The first-order valence-corrected chi connectivity index (χ1v) is 9.67. The van der Waals surface area contributed by atoms with Crippen molar-refractivity contribution in [2.24, 2.45) is 0 Å². The van der Waals surface area contributed by atoms with Crippen molar-refractivity contribution >= 4 is 11.4 Å². The molecule has 4 heteroatoms. The van der Waals surface area contributed by atoms with E-state index in [0.29, 0.717) is 0 Å². The first kappa shape index (κ1) is 19.6. The van der Waals surface area contributed by atoms with Gasteiger partial charge in [-0.05, 0) is 63.4 Å². The Morgan fingerprint density at radius 1 is 1.08 bits per heavy atom. The molecule has 1 N–H and O–H groups in total. The van der Waals surface area contributed by atoms with Gasteiger partial charge in [-0.15, -0.1) is 11.3 Å². The summed E-state index contributed by atoms with van der Waals surface area (Å²) in [6.45, 7) is 9.70. The zero-order valence-corrected chi connectivity index (χ0v) is 16.0. The van der Waals surface area contributed by atoms with E-state index < -0.39 is 11.4 Å². The number of benzene rings is 2. The number of ether oxygens (including phenoxy) is 1. The van der Waals surface area contributed by atoms with E-state index in [-0.39, 0.29) is 10.8 Å². The van der Waals surface area contributed by atoms with Gasteiger partial charge in [0.2, 0.25) is 0 Å². The molecule has 0 radical (unpaired) electrons. The van der Waals surface area contributed by atoms with E-state index in [1.165, 1.54) is 0 Å². The highest BCUT2D eigenvalue weighted by atomic mass is 32.2. The number of allylic oxidation sites excluding steroid dienone is 1. The quantitative estimate of drug-likeness (QED) is 0.498. The van der Waals surface area contributed by atoms with Crippen LogP contribution in [0.25, 0.3) is 0 Å². The molecule has 0 aliphatic rings. The molecule has 2 atom stereocenters. The fourth-order valence-corrected chi connectivity index (χ4v) is 3.14. The summed E-state index contributed by atoms with van der Waals surface area (Å²) in [7, 11) is 0. The van der Waals surface area contributed by atoms with Crippen LogP contribution in [0, 0.1) is 0 Å². The second kappa shape index (κ2) is 9.09. The predicted octanol–water partition coefficient (Wildman–Crippen LogP) is 5.54. The third-order valence-electron chi connectivity index (χ3n) is 3.73. The molecule has 134 valence electrons. The summed E-state index contributed by atoms with van der Waals surface area (Å²) in [5.41, 5.74) is 1.10. The Hall–Kier alpha value is -1.75. The van der Waals surface area contributed by atoms with Gasteiger partial charge in [0.15, 0.2) is 0 Å². The van der Waals surface area contributed by atoms with Crippen molar-refractivity contribution in [3.05, 3.63) is 72.8 Å². The van der Waals surface area contributed by atoms with Crippen molar-refractivity contribution in [3.63, 3.8) is 0 Å². The molecular weight excluding hydrogens is 330 g/mol. The molecule has 25 heavy (non-hydrogen) atoms. The van der Waals surface area contributed by atoms with Crippen LogP contribution in [0.1, 0.15) is 45.2 Å². The van der Waals surface area contributed by atoms with Gasteiger partial charge in [-0.25, -0.2) is 0 Å². The Labute approximate surface area is 154 Å². The molecule has 0 amide bonds. The molecule has 2 rings (SSSR count). The monoisotopic (exact) mass is 357 g/mol. The number of nitrogens with one attached hydrogen (secondary N) is 1. The number of rotatable bonds is 8. The van der Waals surface area contributed by atoms with Crippen LogP contribution < -0.4 is 9.46 Å². The van der Waals surface area contributed by atoms with Crippen LogP contribution >= 0.6 is 0 Å². The summed E-state index contributed by atoms with van der Waals surface area (Å²) in [6.07, 6.45) is 3.60. The average molecular weight is 358 g/mol. The topological polar surface area (TPSA) is 44.3 Å². The fourth-order valence-electron chi connectivity index (χ4n) is 2.28. The van der Waals surface area contributed by atoms with Crippen LogP contribution in [-0.2, 0) is 11.4 Å². The molecule has 0 heterocycles. The third kappa shape index (κ3) is 6.24. The lowest BCUT2D eigenvalue weighted by Crippen LogP contribution is -2.41. The van der Waals surface area contributed by atoms with Crippen LogP contribution in [-0.4, -0.2) is 9.30 Å². The van der Waals surface area contributed by atoms with Gasteiger partial charge < -0.3 is 9.29 Å². The van der Waals surface area contributed by atoms with Crippen molar-refractivity contribution < 1.29 is 9.29 Å². The number of hydrogen-bond donors (Lipinski definition) is 1. The highest BCUT2D eigenvalue weighted by Crippen LogP contribution is 2.27. The summed E-state index contributed by atoms with van der Waals surface area (Å²) in [6, 6.07) is 17.7. The maximum absolute atomic E-state index is 12.5. The molecule has 0 aliphatic heterocycles. The van der Waals surface area contributed by atoms with E-state index in [4.69, 9.17) is 4.74 Å². The van der Waals surface area contributed by atoms with Crippen molar-refractivity contribution in [1.82, 2.24) is 4.72 Å². The molecule has 0 bridgehead atoms. The van der Waals surface area contributed by atoms with Crippen LogP contribution in [0.5, 0.6) is 11.5 Å². The summed E-state index contributed by atoms with van der Waals surface area (Å²) < 4.78 is 21.3. The van der Waals surface area contributed by atoms with Gasteiger partial charge in [-0.2, -0.15) is 0 Å². The largest absolute Gasteiger partial charge is 0.598 e. The summed E-state index contributed by atoms with van der Waals surface area (Å²) in [5, 5.41) is 0. The Morgan fingerprint density at radius 3 is 2.24 bits per heavy atom. The molecule has 2 aromatic rings. The molecule has 0 aromatic heterocycles. The zero-order valence-electron chi connectivity index (χ0n) is 15.2. The van der Waals surface area contributed by atoms with Gasteiger partial charge in [-0.1, -0.05) is 36.4 Å². The molecule has 0 spiro atoms. The Balaban J connectivity index is 2.10. The normalized spacial score (nSPS) is 13.9. The summed E-state index contributed by atoms with van der Waals surface area (Å²) in [5.74, 6) is 1.60. The molecule has 0 saturated heterocycles. The van der Waals surface area contributed by atoms with Crippen molar-refractivity contribution in [2.75, 3.05) is 0 Å². The summed E-state index contributed by atoms with van der Waals surface area (Å²) in [4.78, 5) is 0. The molecule has 3 nitrogen and oxygen atoms in total. The lowest BCUT2D eigenvalue weighted by atomic mass is 10.0. The molecule has 0 aliphatic carbocycles. The molecular formula is C21H27NO2S. The maximum Gasteiger partial charge on any atom is 0.136 e. The first-order chi connectivity index (χ1) is 11.9. The van der Waals surface area contributed by atoms with Crippen molar-refractivity contribution in [2.45, 2.75) is 44.4 Å². The van der Waals surface area contributed by atoms with E-state index in [9.17, 15) is 4.55 Å². The zero-order chi connectivity index (χ0) is 18.3. The van der Waals surface area contributed by atoms with E-state index in [0.717, 1.165) is 29.9 Å². The number of para-hydroxylation sites is 1. The van der Waals surface area contributed by atoms with Gasteiger partial charge in [-0.3, -0.25) is 0 Å². The van der Waals surface area contributed by atoms with E-state index in [1.54, 1.807) is 0 Å². The van der Waals surface area contributed by atoms with E-state index in [1.807, 2.05) is 81.4 Å². The fraction of sp³-hybridized carbons (Fsp3) is 0.333.